The molecule has 4 heteroatoms. The van der Waals surface area contributed by atoms with Gasteiger partial charge in [0, 0.05) is 0 Å². The molecule has 0 spiro atoms. The SMILES string of the molecule is CCCCCCCSCN1C(=O)c2ccccc2C1=O. The van der Waals surface area contributed by atoms with Gasteiger partial charge < -0.3 is 0 Å². The molecule has 2 amide bonds. The second kappa shape index (κ2) is 7.48. The van der Waals surface area contributed by atoms with Gasteiger partial charge in [-0.2, -0.15) is 0 Å². The highest BCUT2D eigenvalue weighted by molar-refractivity contribution is 7.99. The maximum atomic E-state index is 12.1. The van der Waals surface area contributed by atoms with Crippen molar-refractivity contribution < 1.29 is 9.59 Å². The Labute approximate surface area is 124 Å². The lowest BCUT2D eigenvalue weighted by molar-refractivity contribution is 0.0684. The van der Waals surface area contributed by atoms with Gasteiger partial charge in [0.1, 0.15) is 0 Å². The lowest BCUT2D eigenvalue weighted by Crippen LogP contribution is -2.29. The van der Waals surface area contributed by atoms with Crippen molar-refractivity contribution >= 4 is 23.6 Å². The predicted octanol–water partition coefficient (Wildman–Crippen LogP) is 3.94. The highest BCUT2D eigenvalue weighted by Crippen LogP contribution is 2.24. The van der Waals surface area contributed by atoms with Crippen molar-refractivity contribution in [2.45, 2.75) is 39.0 Å². The fourth-order valence-corrected chi connectivity index (χ4v) is 3.27. The molecule has 0 aliphatic carbocycles. The predicted molar refractivity (Wildman–Crippen MR) is 83.0 cm³/mol. The van der Waals surface area contributed by atoms with Crippen LogP contribution in [-0.4, -0.2) is 28.3 Å². The summed E-state index contributed by atoms with van der Waals surface area (Å²) in [5, 5.41) is 0. The van der Waals surface area contributed by atoms with Gasteiger partial charge in [0.25, 0.3) is 11.8 Å². The number of benzene rings is 1. The summed E-state index contributed by atoms with van der Waals surface area (Å²) < 4.78 is 0. The van der Waals surface area contributed by atoms with E-state index in [1.54, 1.807) is 36.0 Å². The summed E-state index contributed by atoms with van der Waals surface area (Å²) in [5.41, 5.74) is 1.09. The Morgan fingerprint density at radius 3 is 2.15 bits per heavy atom. The topological polar surface area (TPSA) is 37.4 Å². The molecule has 0 saturated carbocycles. The fourth-order valence-electron chi connectivity index (χ4n) is 2.32. The van der Waals surface area contributed by atoms with E-state index in [-0.39, 0.29) is 11.8 Å². The molecule has 108 valence electrons. The number of nitrogens with zero attached hydrogens (tertiary/aromatic N) is 1. The Bertz CT molecular complexity index is 452. The Morgan fingerprint density at radius 1 is 0.950 bits per heavy atom. The van der Waals surface area contributed by atoms with Crippen LogP contribution in [-0.2, 0) is 0 Å². The van der Waals surface area contributed by atoms with Crippen LogP contribution in [0, 0.1) is 0 Å². The number of amides is 2. The van der Waals surface area contributed by atoms with Crippen LogP contribution in [0.25, 0.3) is 0 Å². The van der Waals surface area contributed by atoms with E-state index in [4.69, 9.17) is 0 Å². The summed E-state index contributed by atoms with van der Waals surface area (Å²) in [6, 6.07) is 7.05. The van der Waals surface area contributed by atoms with Crippen LogP contribution in [0.1, 0.15) is 59.7 Å². The van der Waals surface area contributed by atoms with Gasteiger partial charge in [-0.05, 0) is 24.3 Å². The van der Waals surface area contributed by atoms with Crippen LogP contribution in [0.2, 0.25) is 0 Å². The van der Waals surface area contributed by atoms with Crippen LogP contribution in [0.5, 0.6) is 0 Å². The number of fused-ring (bicyclic) bond motifs is 1. The van der Waals surface area contributed by atoms with Gasteiger partial charge in [-0.3, -0.25) is 14.5 Å². The number of hydrogen-bond donors (Lipinski definition) is 0. The number of imide groups is 1. The maximum Gasteiger partial charge on any atom is 0.262 e. The van der Waals surface area contributed by atoms with E-state index in [9.17, 15) is 9.59 Å². The largest absolute Gasteiger partial charge is 0.269 e. The molecule has 1 aliphatic heterocycles. The molecule has 3 nitrogen and oxygen atoms in total. The van der Waals surface area contributed by atoms with Gasteiger partial charge >= 0.3 is 0 Å². The smallest absolute Gasteiger partial charge is 0.262 e. The number of unbranched alkanes of at least 4 members (excludes halogenated alkanes) is 4. The third-order valence-corrected chi connectivity index (χ3v) is 4.51. The molecule has 20 heavy (non-hydrogen) atoms. The first-order valence-electron chi connectivity index (χ1n) is 7.28. The molecule has 1 aliphatic rings. The zero-order chi connectivity index (χ0) is 14.4. The molecule has 0 aromatic heterocycles. The Balaban J connectivity index is 1.75. The van der Waals surface area contributed by atoms with E-state index in [0.29, 0.717) is 17.0 Å². The van der Waals surface area contributed by atoms with E-state index < -0.39 is 0 Å². The Hall–Kier alpha value is -1.29. The highest BCUT2D eigenvalue weighted by Gasteiger charge is 2.34. The number of hydrogen-bond acceptors (Lipinski definition) is 3. The second-order valence-electron chi connectivity index (χ2n) is 5.04. The summed E-state index contributed by atoms with van der Waals surface area (Å²) in [6.45, 7) is 2.21. The Kier molecular flexibility index (Phi) is 5.65. The summed E-state index contributed by atoms with van der Waals surface area (Å²) in [6.07, 6.45) is 6.23. The van der Waals surface area contributed by atoms with Crippen LogP contribution in [0.15, 0.2) is 24.3 Å². The van der Waals surface area contributed by atoms with Crippen molar-refractivity contribution in [3.05, 3.63) is 35.4 Å². The summed E-state index contributed by atoms with van der Waals surface area (Å²) in [7, 11) is 0. The third-order valence-electron chi connectivity index (χ3n) is 3.49. The second-order valence-corrected chi connectivity index (χ2v) is 6.11. The van der Waals surface area contributed by atoms with Gasteiger partial charge in [0.2, 0.25) is 0 Å². The maximum absolute atomic E-state index is 12.1. The van der Waals surface area contributed by atoms with Gasteiger partial charge in [-0.25, -0.2) is 0 Å². The monoisotopic (exact) mass is 291 g/mol. The van der Waals surface area contributed by atoms with E-state index in [0.717, 1.165) is 12.2 Å². The van der Waals surface area contributed by atoms with Crippen LogP contribution >= 0.6 is 11.8 Å². The average Bonchev–Trinajstić information content (AvgIpc) is 2.71. The van der Waals surface area contributed by atoms with Crippen molar-refractivity contribution in [3.63, 3.8) is 0 Å². The number of carbonyl (C=O) groups excluding carboxylic acids is 2. The highest BCUT2D eigenvalue weighted by atomic mass is 32.2. The molecule has 1 aromatic rings. The molecule has 0 bridgehead atoms. The van der Waals surface area contributed by atoms with Crippen molar-refractivity contribution in [1.29, 1.82) is 0 Å². The van der Waals surface area contributed by atoms with Crippen molar-refractivity contribution in [3.8, 4) is 0 Å². The van der Waals surface area contributed by atoms with Gasteiger partial charge in [-0.1, -0.05) is 44.7 Å². The van der Waals surface area contributed by atoms with E-state index in [1.165, 1.54) is 30.6 Å². The molecule has 0 radical (unpaired) electrons. The van der Waals surface area contributed by atoms with Gasteiger partial charge in [0.05, 0.1) is 17.0 Å². The molecule has 2 rings (SSSR count). The summed E-state index contributed by atoms with van der Waals surface area (Å²) in [5.74, 6) is 1.19. The first-order valence-corrected chi connectivity index (χ1v) is 8.44. The summed E-state index contributed by atoms with van der Waals surface area (Å²) in [4.78, 5) is 25.6. The van der Waals surface area contributed by atoms with Crippen LogP contribution in [0.3, 0.4) is 0 Å². The number of rotatable bonds is 8. The van der Waals surface area contributed by atoms with Crippen molar-refractivity contribution in [2.24, 2.45) is 0 Å². The first kappa shape index (κ1) is 15.1. The molecule has 0 atom stereocenters. The molecule has 1 heterocycles. The Morgan fingerprint density at radius 2 is 1.55 bits per heavy atom. The van der Waals surface area contributed by atoms with E-state index in [1.807, 2.05) is 0 Å². The minimum atomic E-state index is -0.149. The molecule has 0 saturated heterocycles. The summed E-state index contributed by atoms with van der Waals surface area (Å²) >= 11 is 1.67. The zero-order valence-corrected chi connectivity index (χ0v) is 12.7. The first-order chi connectivity index (χ1) is 9.75. The number of carbonyl (C=O) groups is 2. The van der Waals surface area contributed by atoms with Crippen LogP contribution in [0.4, 0.5) is 0 Å². The average molecular weight is 291 g/mol. The normalized spacial score (nSPS) is 13.9. The molecule has 0 N–H and O–H groups in total. The van der Waals surface area contributed by atoms with E-state index >= 15 is 0 Å². The minimum absolute atomic E-state index is 0.149. The van der Waals surface area contributed by atoms with Gasteiger partial charge in [-0.15, -0.1) is 11.8 Å². The van der Waals surface area contributed by atoms with Gasteiger partial charge in [0.15, 0.2) is 0 Å². The molecule has 1 aromatic carbocycles. The minimum Gasteiger partial charge on any atom is -0.269 e. The van der Waals surface area contributed by atoms with Crippen molar-refractivity contribution in [2.75, 3.05) is 11.6 Å². The van der Waals surface area contributed by atoms with E-state index in [2.05, 4.69) is 6.92 Å². The lowest BCUT2D eigenvalue weighted by atomic mass is 10.1. The molecular weight excluding hydrogens is 270 g/mol. The molecule has 0 fully saturated rings. The van der Waals surface area contributed by atoms with Crippen LogP contribution < -0.4 is 0 Å². The number of thioether (sulfide) groups is 1. The third kappa shape index (κ3) is 3.42. The zero-order valence-electron chi connectivity index (χ0n) is 11.9. The molecular formula is C16H21NO2S. The lowest BCUT2D eigenvalue weighted by Gasteiger charge is -2.12. The van der Waals surface area contributed by atoms with Crippen molar-refractivity contribution in [1.82, 2.24) is 4.90 Å². The quantitative estimate of drug-likeness (QED) is 0.537. The standard InChI is InChI=1S/C16H21NO2S/c1-2-3-4-5-8-11-20-12-17-15(18)13-9-6-7-10-14(13)16(17)19/h6-7,9-10H,2-5,8,11-12H2,1H3. The fraction of sp³-hybridized carbons (Fsp3) is 0.500. The molecule has 0 unspecified atom stereocenters.